The maximum absolute atomic E-state index is 13.3. The molecule has 0 radical (unpaired) electrons. The smallest absolute Gasteiger partial charge is 0.258 e. The van der Waals surface area contributed by atoms with Gasteiger partial charge in [0.15, 0.2) is 12.7 Å². The van der Waals surface area contributed by atoms with Crippen LogP contribution in [0, 0.1) is 0 Å². The number of rotatable bonds is 6. The van der Waals surface area contributed by atoms with Gasteiger partial charge in [0.25, 0.3) is 5.91 Å². The van der Waals surface area contributed by atoms with Gasteiger partial charge in [-0.2, -0.15) is 0 Å². The molecular weight excluding hydrogens is 453 g/mol. The summed E-state index contributed by atoms with van der Waals surface area (Å²) >= 11 is 10.6. The van der Waals surface area contributed by atoms with Crippen LogP contribution >= 0.6 is 31.5 Å². The van der Waals surface area contributed by atoms with Crippen LogP contribution in [0.4, 0.5) is 0 Å². The fourth-order valence-corrected chi connectivity index (χ4v) is 8.55. The Bertz CT molecular complexity index is 1120. The molecule has 0 aliphatic carbocycles. The summed E-state index contributed by atoms with van der Waals surface area (Å²) in [6.45, 7) is 0. The zero-order valence-corrected chi connectivity index (χ0v) is 19.8. The van der Waals surface area contributed by atoms with Crippen molar-refractivity contribution in [3.8, 4) is 0 Å². The number of amides is 1. The average Bonchev–Trinajstić information content (AvgIpc) is 2.86. The number of carbonyl (C=O) groups is 1. The first-order chi connectivity index (χ1) is 15.7. The van der Waals surface area contributed by atoms with Gasteiger partial charge in [-0.15, -0.1) is 12.6 Å². The summed E-state index contributed by atoms with van der Waals surface area (Å²) in [6, 6.07) is 37.9. The first-order valence-electron chi connectivity index (χ1n) is 10.1. The Kier molecular flexibility index (Phi) is 7.12. The van der Waals surface area contributed by atoms with Crippen molar-refractivity contribution in [2.75, 3.05) is 0 Å². The minimum Gasteiger partial charge on any atom is -0.292 e. The molecule has 0 aromatic heterocycles. The Labute approximate surface area is 199 Å². The first-order valence-corrected chi connectivity index (χ1v) is 12.8. The molecule has 0 heterocycles. The maximum Gasteiger partial charge on any atom is 0.258 e. The fourth-order valence-electron chi connectivity index (χ4n) is 3.81. The molecule has 0 unspecified atom stereocenters. The first kappa shape index (κ1) is 22.4. The highest BCUT2D eigenvalue weighted by molar-refractivity contribution is 7.99. The van der Waals surface area contributed by atoms with E-state index in [1.165, 1.54) is 0 Å². The molecule has 0 atom stereocenters. The third-order valence-electron chi connectivity index (χ3n) is 5.26. The van der Waals surface area contributed by atoms with E-state index < -0.39 is 7.26 Å². The van der Waals surface area contributed by atoms with Crippen LogP contribution in [-0.2, 0) is 0 Å². The molecule has 0 spiro atoms. The molecule has 32 heavy (non-hydrogen) atoms. The van der Waals surface area contributed by atoms with Crippen LogP contribution in [-0.4, -0.2) is 5.91 Å². The van der Waals surface area contributed by atoms with Crippen LogP contribution in [0.2, 0.25) is 5.02 Å². The molecule has 1 N–H and O–H groups in total. The standard InChI is InChI=1S/C27H21ClNOPS/c28-22-18-16-21(17-19-22)27(30)29-26(20-32)31(23-10-4-1-5-11-23,24-12-6-2-7-13-24)25-14-8-3-9-15-25/h1-20H,(H-,29,30,32)/p+1/b26-20-. The van der Waals surface area contributed by atoms with E-state index in [9.17, 15) is 4.79 Å². The van der Waals surface area contributed by atoms with Gasteiger partial charge in [0, 0.05) is 16.0 Å². The highest BCUT2D eigenvalue weighted by Crippen LogP contribution is 2.61. The van der Waals surface area contributed by atoms with Gasteiger partial charge in [-0.25, -0.2) is 0 Å². The van der Waals surface area contributed by atoms with E-state index in [-0.39, 0.29) is 5.91 Å². The van der Waals surface area contributed by atoms with Crippen LogP contribution in [0.1, 0.15) is 10.4 Å². The summed E-state index contributed by atoms with van der Waals surface area (Å²) < 4.78 is 0. The van der Waals surface area contributed by atoms with E-state index in [0.717, 1.165) is 21.4 Å². The largest absolute Gasteiger partial charge is 0.292 e. The van der Waals surface area contributed by atoms with E-state index in [1.54, 1.807) is 29.7 Å². The Morgan fingerprint density at radius 1 is 0.688 bits per heavy atom. The molecule has 4 aromatic carbocycles. The molecule has 0 saturated heterocycles. The van der Waals surface area contributed by atoms with E-state index >= 15 is 0 Å². The van der Waals surface area contributed by atoms with Crippen molar-refractivity contribution >= 4 is 53.3 Å². The lowest BCUT2D eigenvalue weighted by atomic mass is 10.2. The summed E-state index contributed by atoms with van der Waals surface area (Å²) in [5.74, 6) is -0.200. The highest BCUT2D eigenvalue weighted by atomic mass is 35.5. The summed E-state index contributed by atoms with van der Waals surface area (Å²) in [6.07, 6.45) is 0. The van der Waals surface area contributed by atoms with Gasteiger partial charge >= 0.3 is 0 Å². The van der Waals surface area contributed by atoms with Gasteiger partial charge in [-0.3, -0.25) is 10.1 Å². The van der Waals surface area contributed by atoms with Crippen molar-refractivity contribution in [2.24, 2.45) is 0 Å². The van der Waals surface area contributed by atoms with Crippen molar-refractivity contribution in [1.29, 1.82) is 0 Å². The van der Waals surface area contributed by atoms with Gasteiger partial charge in [0.05, 0.1) is 0 Å². The van der Waals surface area contributed by atoms with Gasteiger partial charge in [0.2, 0.25) is 0 Å². The normalized spacial score (nSPS) is 11.8. The van der Waals surface area contributed by atoms with E-state index in [2.05, 4.69) is 54.3 Å². The van der Waals surface area contributed by atoms with E-state index in [1.807, 2.05) is 54.6 Å². The van der Waals surface area contributed by atoms with Crippen LogP contribution in [0.3, 0.4) is 0 Å². The Balaban J connectivity index is 1.93. The summed E-state index contributed by atoms with van der Waals surface area (Å²) in [5.41, 5.74) is 1.30. The third-order valence-corrected chi connectivity index (χ3v) is 10.2. The number of benzene rings is 4. The molecule has 1 amide bonds. The Morgan fingerprint density at radius 3 is 1.47 bits per heavy atom. The molecule has 0 saturated carbocycles. The molecule has 5 heteroatoms. The SMILES string of the molecule is O=C(N/C(=C/S)[P+](c1ccccc1)(c1ccccc1)c1ccccc1)c1ccc(Cl)cc1. The summed E-state index contributed by atoms with van der Waals surface area (Å²) in [7, 11) is -2.42. The molecule has 0 fully saturated rings. The van der Waals surface area contributed by atoms with Crippen molar-refractivity contribution in [3.05, 3.63) is 137 Å². The zero-order valence-electron chi connectivity index (χ0n) is 17.2. The minimum atomic E-state index is -2.42. The fraction of sp³-hybridized carbons (Fsp3) is 0. The molecular formula is C27H22ClNOPS+. The van der Waals surface area contributed by atoms with Crippen molar-refractivity contribution in [2.45, 2.75) is 0 Å². The van der Waals surface area contributed by atoms with Crippen LogP contribution in [0.15, 0.2) is 126 Å². The number of halogens is 1. The lowest BCUT2D eigenvalue weighted by molar-refractivity contribution is 0.0968. The second-order valence-electron chi connectivity index (χ2n) is 7.15. The summed E-state index contributed by atoms with van der Waals surface area (Å²) in [4.78, 5) is 13.3. The monoisotopic (exact) mass is 474 g/mol. The van der Waals surface area contributed by atoms with Gasteiger partial charge < -0.3 is 0 Å². The summed E-state index contributed by atoms with van der Waals surface area (Å²) in [5, 5.41) is 8.91. The second-order valence-corrected chi connectivity index (χ2v) is 11.2. The quantitative estimate of drug-likeness (QED) is 0.269. The highest BCUT2D eigenvalue weighted by Gasteiger charge is 2.50. The number of hydrogen-bond donors (Lipinski definition) is 2. The van der Waals surface area contributed by atoms with Crippen LogP contribution in [0.25, 0.3) is 0 Å². The van der Waals surface area contributed by atoms with Crippen molar-refractivity contribution < 1.29 is 4.79 Å². The molecule has 2 nitrogen and oxygen atoms in total. The number of thiol groups is 1. The maximum atomic E-state index is 13.3. The second kappa shape index (κ2) is 10.2. The minimum absolute atomic E-state index is 0.200. The molecule has 158 valence electrons. The molecule has 4 rings (SSSR count). The van der Waals surface area contributed by atoms with Gasteiger partial charge in [-0.05, 0) is 60.7 Å². The lowest BCUT2D eigenvalue weighted by Gasteiger charge is -2.29. The van der Waals surface area contributed by atoms with Crippen molar-refractivity contribution in [3.63, 3.8) is 0 Å². The number of hydrogen-bond acceptors (Lipinski definition) is 2. The average molecular weight is 475 g/mol. The zero-order chi connectivity index (χ0) is 22.4. The molecule has 4 aromatic rings. The Morgan fingerprint density at radius 2 is 1.09 bits per heavy atom. The molecule has 0 bridgehead atoms. The predicted octanol–water partition coefficient (Wildman–Crippen LogP) is 5.79. The van der Waals surface area contributed by atoms with E-state index in [4.69, 9.17) is 11.6 Å². The predicted molar refractivity (Wildman–Crippen MR) is 141 cm³/mol. The Hall–Kier alpha value is -2.84. The topological polar surface area (TPSA) is 29.1 Å². The number of carbonyl (C=O) groups excluding carboxylic acids is 1. The van der Waals surface area contributed by atoms with Crippen LogP contribution in [0.5, 0.6) is 0 Å². The van der Waals surface area contributed by atoms with Gasteiger partial charge in [-0.1, -0.05) is 66.2 Å². The van der Waals surface area contributed by atoms with Crippen LogP contribution < -0.4 is 21.2 Å². The molecule has 0 aliphatic rings. The van der Waals surface area contributed by atoms with Crippen molar-refractivity contribution in [1.82, 2.24) is 5.32 Å². The third kappa shape index (κ3) is 4.38. The van der Waals surface area contributed by atoms with E-state index in [0.29, 0.717) is 10.6 Å². The number of nitrogens with one attached hydrogen (secondary N) is 1. The lowest BCUT2D eigenvalue weighted by Crippen LogP contribution is -2.38. The van der Waals surface area contributed by atoms with Gasteiger partial charge in [0.1, 0.15) is 15.9 Å². The molecule has 0 aliphatic heterocycles.